The lowest BCUT2D eigenvalue weighted by atomic mass is 9.83. The molecule has 1 unspecified atom stereocenters. The summed E-state index contributed by atoms with van der Waals surface area (Å²) in [6, 6.07) is 0.508. The Bertz CT molecular complexity index is 402. The van der Waals surface area contributed by atoms with Gasteiger partial charge in [0.2, 0.25) is 0 Å². The van der Waals surface area contributed by atoms with Gasteiger partial charge in [-0.05, 0) is 45.0 Å². The first-order valence-electron chi connectivity index (χ1n) is 8.06. The Morgan fingerprint density at radius 3 is 2.45 bits per heavy atom. The van der Waals surface area contributed by atoms with Gasteiger partial charge in [-0.2, -0.15) is 5.10 Å². The van der Waals surface area contributed by atoms with E-state index in [-0.39, 0.29) is 0 Å². The minimum absolute atomic E-state index is 0.327. The Morgan fingerprint density at radius 1 is 1.35 bits per heavy atom. The summed E-state index contributed by atoms with van der Waals surface area (Å²) in [5, 5.41) is 7.93. The van der Waals surface area contributed by atoms with E-state index in [1.165, 1.54) is 31.2 Å². The van der Waals surface area contributed by atoms with Crippen LogP contribution in [0.3, 0.4) is 0 Å². The molecule has 1 atom stereocenters. The monoisotopic (exact) mass is 278 g/mol. The van der Waals surface area contributed by atoms with Crippen molar-refractivity contribution in [3.8, 4) is 0 Å². The van der Waals surface area contributed by atoms with Gasteiger partial charge in [0.05, 0.1) is 6.20 Å². The molecule has 0 amide bonds. The zero-order valence-electron chi connectivity index (χ0n) is 13.5. The topological polar surface area (TPSA) is 33.1 Å². The SMILES string of the molecule is CCN(CC)C1(C(Cc2cnn(C)c2)NC)CCCC1. The molecule has 1 N–H and O–H groups in total. The maximum atomic E-state index is 4.31. The number of rotatable bonds is 7. The summed E-state index contributed by atoms with van der Waals surface area (Å²) in [6.45, 7) is 6.87. The number of hydrogen-bond donors (Lipinski definition) is 1. The molecule has 0 saturated heterocycles. The average Bonchev–Trinajstić information content (AvgIpc) is 3.07. The van der Waals surface area contributed by atoms with Crippen LogP contribution in [-0.2, 0) is 13.5 Å². The Kier molecular flexibility index (Phi) is 5.22. The van der Waals surface area contributed by atoms with Crippen molar-refractivity contribution < 1.29 is 0 Å². The molecule has 1 saturated carbocycles. The van der Waals surface area contributed by atoms with Crippen molar-refractivity contribution in [3.05, 3.63) is 18.0 Å². The molecule has 1 aromatic rings. The van der Waals surface area contributed by atoms with E-state index in [0.717, 1.165) is 19.5 Å². The van der Waals surface area contributed by atoms with Gasteiger partial charge in [0, 0.05) is 24.8 Å². The largest absolute Gasteiger partial charge is 0.315 e. The second-order valence-electron chi connectivity index (χ2n) is 6.05. The predicted octanol–water partition coefficient (Wildman–Crippen LogP) is 2.21. The Hall–Kier alpha value is -0.870. The van der Waals surface area contributed by atoms with Crippen LogP contribution in [-0.4, -0.2) is 46.4 Å². The van der Waals surface area contributed by atoms with Gasteiger partial charge in [-0.3, -0.25) is 9.58 Å². The fourth-order valence-electron chi connectivity index (χ4n) is 4.10. The first kappa shape index (κ1) is 15.5. The molecule has 114 valence electrons. The van der Waals surface area contributed by atoms with Crippen molar-refractivity contribution in [1.29, 1.82) is 0 Å². The van der Waals surface area contributed by atoms with Gasteiger partial charge in [0.25, 0.3) is 0 Å². The zero-order chi connectivity index (χ0) is 14.6. The number of nitrogens with one attached hydrogen (secondary N) is 1. The number of nitrogens with zero attached hydrogens (tertiary/aromatic N) is 3. The summed E-state index contributed by atoms with van der Waals surface area (Å²) in [5.41, 5.74) is 1.67. The maximum absolute atomic E-state index is 4.31. The summed E-state index contributed by atoms with van der Waals surface area (Å²) < 4.78 is 1.90. The molecular formula is C16H30N4. The third-order valence-corrected chi connectivity index (χ3v) is 5.06. The molecule has 2 rings (SSSR count). The fraction of sp³-hybridized carbons (Fsp3) is 0.812. The van der Waals surface area contributed by atoms with Crippen LogP contribution in [0.1, 0.15) is 45.1 Å². The quantitative estimate of drug-likeness (QED) is 0.830. The Labute approximate surface area is 123 Å². The van der Waals surface area contributed by atoms with E-state index >= 15 is 0 Å². The molecule has 0 aliphatic heterocycles. The van der Waals surface area contributed by atoms with E-state index in [4.69, 9.17) is 0 Å². The van der Waals surface area contributed by atoms with Crippen LogP contribution >= 0.6 is 0 Å². The van der Waals surface area contributed by atoms with Crippen molar-refractivity contribution in [2.24, 2.45) is 7.05 Å². The third kappa shape index (κ3) is 2.91. The molecule has 0 bridgehead atoms. The van der Waals surface area contributed by atoms with Gasteiger partial charge in [0.15, 0.2) is 0 Å². The van der Waals surface area contributed by atoms with E-state index in [1.54, 1.807) is 0 Å². The van der Waals surface area contributed by atoms with Crippen LogP contribution < -0.4 is 5.32 Å². The van der Waals surface area contributed by atoms with Crippen molar-refractivity contribution in [2.75, 3.05) is 20.1 Å². The maximum Gasteiger partial charge on any atom is 0.0522 e. The summed E-state index contributed by atoms with van der Waals surface area (Å²) in [5.74, 6) is 0. The highest BCUT2D eigenvalue weighted by Gasteiger charge is 2.44. The standard InChI is InChI=1S/C16H30N4/c1-5-20(6-2)16(9-7-8-10-16)15(17-3)11-14-12-18-19(4)13-14/h12-13,15,17H,5-11H2,1-4H3. The number of hydrogen-bond acceptors (Lipinski definition) is 3. The van der Waals surface area contributed by atoms with Gasteiger partial charge < -0.3 is 5.32 Å². The molecule has 1 aliphatic carbocycles. The highest BCUT2D eigenvalue weighted by atomic mass is 15.2. The molecule has 4 heteroatoms. The minimum atomic E-state index is 0.327. The van der Waals surface area contributed by atoms with E-state index in [1.807, 2.05) is 17.9 Å². The van der Waals surface area contributed by atoms with E-state index < -0.39 is 0 Å². The predicted molar refractivity (Wildman–Crippen MR) is 83.9 cm³/mol. The smallest absolute Gasteiger partial charge is 0.0522 e. The lowest BCUT2D eigenvalue weighted by Gasteiger charge is -2.46. The second kappa shape index (κ2) is 6.72. The van der Waals surface area contributed by atoms with Gasteiger partial charge in [-0.25, -0.2) is 0 Å². The molecule has 1 aromatic heterocycles. The lowest BCUT2D eigenvalue weighted by Crippen LogP contribution is -2.60. The average molecular weight is 278 g/mol. The van der Waals surface area contributed by atoms with Crippen molar-refractivity contribution in [3.63, 3.8) is 0 Å². The molecule has 0 radical (unpaired) electrons. The normalized spacial score (nSPS) is 19.6. The van der Waals surface area contributed by atoms with Crippen molar-refractivity contribution in [1.82, 2.24) is 20.0 Å². The molecule has 4 nitrogen and oxygen atoms in total. The number of aryl methyl sites for hydroxylation is 1. The van der Waals surface area contributed by atoms with Crippen LogP contribution in [0.2, 0.25) is 0 Å². The first-order chi connectivity index (χ1) is 9.66. The van der Waals surface area contributed by atoms with E-state index in [9.17, 15) is 0 Å². The molecular weight excluding hydrogens is 248 g/mol. The van der Waals surface area contributed by atoms with Crippen LogP contribution in [0.25, 0.3) is 0 Å². The Balaban J connectivity index is 2.21. The highest BCUT2D eigenvalue weighted by Crippen LogP contribution is 2.39. The summed E-state index contributed by atoms with van der Waals surface area (Å²) >= 11 is 0. The summed E-state index contributed by atoms with van der Waals surface area (Å²) in [6.07, 6.45) is 10.6. The summed E-state index contributed by atoms with van der Waals surface area (Å²) in [7, 11) is 4.11. The number of aromatic nitrogens is 2. The van der Waals surface area contributed by atoms with Crippen molar-refractivity contribution >= 4 is 0 Å². The van der Waals surface area contributed by atoms with Crippen molar-refractivity contribution in [2.45, 2.75) is 57.5 Å². The van der Waals surface area contributed by atoms with Crippen LogP contribution in [0, 0.1) is 0 Å². The molecule has 0 spiro atoms. The van der Waals surface area contributed by atoms with Crippen LogP contribution in [0.4, 0.5) is 0 Å². The molecule has 1 heterocycles. The molecule has 0 aromatic carbocycles. The van der Waals surface area contributed by atoms with Crippen LogP contribution in [0.5, 0.6) is 0 Å². The molecule has 1 fully saturated rings. The van der Waals surface area contributed by atoms with E-state index in [0.29, 0.717) is 11.6 Å². The van der Waals surface area contributed by atoms with Crippen LogP contribution in [0.15, 0.2) is 12.4 Å². The second-order valence-corrected chi connectivity index (χ2v) is 6.05. The minimum Gasteiger partial charge on any atom is -0.315 e. The number of likely N-dealkylation sites (N-methyl/N-ethyl adjacent to an activating group) is 2. The van der Waals surface area contributed by atoms with Gasteiger partial charge in [0.1, 0.15) is 0 Å². The fourth-order valence-corrected chi connectivity index (χ4v) is 4.10. The zero-order valence-corrected chi connectivity index (χ0v) is 13.5. The summed E-state index contributed by atoms with van der Waals surface area (Å²) in [4.78, 5) is 2.68. The lowest BCUT2D eigenvalue weighted by molar-refractivity contribution is 0.0658. The highest BCUT2D eigenvalue weighted by molar-refractivity contribution is 5.12. The van der Waals surface area contributed by atoms with Gasteiger partial charge >= 0.3 is 0 Å². The first-order valence-corrected chi connectivity index (χ1v) is 8.06. The van der Waals surface area contributed by atoms with Gasteiger partial charge in [-0.15, -0.1) is 0 Å². The third-order valence-electron chi connectivity index (χ3n) is 5.06. The molecule has 20 heavy (non-hydrogen) atoms. The molecule has 1 aliphatic rings. The van der Waals surface area contributed by atoms with Gasteiger partial charge in [-0.1, -0.05) is 26.7 Å². The van der Waals surface area contributed by atoms with E-state index in [2.05, 4.69) is 42.4 Å². The Morgan fingerprint density at radius 2 is 2.00 bits per heavy atom.